The van der Waals surface area contributed by atoms with Gasteiger partial charge >= 0.3 is 0 Å². The summed E-state index contributed by atoms with van der Waals surface area (Å²) >= 11 is 6.42. The van der Waals surface area contributed by atoms with Crippen LogP contribution in [0.4, 0.5) is 0 Å². The minimum Gasteiger partial charge on any atom is -0.389 e. The molecular formula is C18H16ClN7O2. The van der Waals surface area contributed by atoms with Gasteiger partial charge in [0.1, 0.15) is 22.6 Å². The highest BCUT2D eigenvalue weighted by atomic mass is 35.5. The van der Waals surface area contributed by atoms with Gasteiger partial charge in [0.05, 0.1) is 29.4 Å². The van der Waals surface area contributed by atoms with Crippen LogP contribution in [-0.2, 0) is 12.5 Å². The Morgan fingerprint density at radius 1 is 1.29 bits per heavy atom. The second kappa shape index (κ2) is 4.24. The Balaban J connectivity index is 1.41. The van der Waals surface area contributed by atoms with Gasteiger partial charge in [0.15, 0.2) is 11.5 Å². The Morgan fingerprint density at radius 3 is 2.82 bits per heavy atom. The Bertz CT molecular complexity index is 1340. The van der Waals surface area contributed by atoms with E-state index in [1.54, 1.807) is 24.4 Å². The minimum absolute atomic E-state index is 0.0354. The average molecular weight is 398 g/mol. The minimum atomic E-state index is -1.22. The summed E-state index contributed by atoms with van der Waals surface area (Å²) in [6.45, 7) is 1.96. The molecule has 4 aromatic rings. The lowest BCUT2D eigenvalue weighted by atomic mass is 9.63. The molecular weight excluding hydrogens is 382 g/mol. The second-order valence-corrected chi connectivity index (χ2v) is 8.74. The van der Waals surface area contributed by atoms with Gasteiger partial charge in [-0.2, -0.15) is 5.10 Å². The zero-order valence-electron chi connectivity index (χ0n) is 15.0. The maximum absolute atomic E-state index is 11.2. The molecule has 3 fully saturated rings. The third-order valence-corrected chi connectivity index (χ3v) is 7.48. The molecule has 6 atom stereocenters. The number of fused-ring (bicyclic) bond motifs is 4. The number of nitrogens with zero attached hydrogens (tertiary/aromatic N) is 6. The van der Waals surface area contributed by atoms with E-state index in [9.17, 15) is 10.2 Å². The van der Waals surface area contributed by atoms with Gasteiger partial charge in [-0.15, -0.1) is 0 Å². The van der Waals surface area contributed by atoms with E-state index in [0.717, 1.165) is 16.6 Å². The number of aryl methyl sites for hydroxylation is 2. The van der Waals surface area contributed by atoms with Crippen molar-refractivity contribution >= 4 is 33.7 Å². The van der Waals surface area contributed by atoms with Crippen molar-refractivity contribution in [3.63, 3.8) is 0 Å². The van der Waals surface area contributed by atoms with Gasteiger partial charge in [-0.1, -0.05) is 11.6 Å². The normalized spacial score (nSPS) is 37.8. The zero-order chi connectivity index (χ0) is 19.2. The molecule has 0 spiro atoms. The van der Waals surface area contributed by atoms with Crippen molar-refractivity contribution in [1.29, 1.82) is 0 Å². The van der Waals surface area contributed by atoms with Crippen LogP contribution in [0.15, 0.2) is 18.7 Å². The van der Waals surface area contributed by atoms with Crippen LogP contribution in [-0.4, -0.2) is 56.2 Å². The number of pyridine rings is 1. The average Bonchev–Trinajstić information content (AvgIpc) is 3.15. The van der Waals surface area contributed by atoms with Gasteiger partial charge in [0.25, 0.3) is 0 Å². The molecule has 0 saturated heterocycles. The Hall–Kier alpha value is -2.49. The summed E-state index contributed by atoms with van der Waals surface area (Å²) in [6.07, 6.45) is 2.40. The van der Waals surface area contributed by atoms with Crippen LogP contribution in [0, 0.1) is 18.8 Å². The molecule has 0 bridgehead atoms. The number of nitrogens with one attached hydrogen (secondary N) is 1. The number of rotatable bonds is 2. The van der Waals surface area contributed by atoms with Crippen molar-refractivity contribution in [2.45, 2.75) is 30.1 Å². The zero-order valence-corrected chi connectivity index (χ0v) is 15.8. The van der Waals surface area contributed by atoms with Crippen LogP contribution < -0.4 is 0 Å². The number of aliphatic hydroxyl groups excluding tert-OH is 1. The lowest BCUT2D eigenvalue weighted by Crippen LogP contribution is -2.66. The molecule has 3 aliphatic rings. The number of aliphatic hydroxyl groups is 2. The summed E-state index contributed by atoms with van der Waals surface area (Å²) in [4.78, 5) is 16.8. The summed E-state index contributed by atoms with van der Waals surface area (Å²) in [7, 11) is 1.80. The Labute approximate surface area is 163 Å². The summed E-state index contributed by atoms with van der Waals surface area (Å²) < 4.78 is 3.48. The molecule has 142 valence electrons. The fraction of sp³-hybridized carbons (Fsp3) is 0.444. The predicted octanol–water partition coefficient (Wildman–Crippen LogP) is 0.847. The van der Waals surface area contributed by atoms with E-state index >= 15 is 0 Å². The van der Waals surface area contributed by atoms with E-state index in [0.29, 0.717) is 22.1 Å². The summed E-state index contributed by atoms with van der Waals surface area (Å²) in [5.74, 6) is 0.614. The molecule has 3 aliphatic carbocycles. The molecule has 10 heteroatoms. The van der Waals surface area contributed by atoms with Crippen molar-refractivity contribution in [3.05, 3.63) is 35.4 Å². The maximum atomic E-state index is 11.2. The molecule has 3 N–H and O–H groups in total. The van der Waals surface area contributed by atoms with Crippen LogP contribution in [0.1, 0.15) is 17.6 Å². The van der Waals surface area contributed by atoms with E-state index in [-0.39, 0.29) is 17.9 Å². The molecule has 7 rings (SSSR count). The first-order valence-electron chi connectivity index (χ1n) is 9.18. The first-order valence-corrected chi connectivity index (χ1v) is 9.55. The summed E-state index contributed by atoms with van der Waals surface area (Å²) in [5, 5.41) is 27.7. The van der Waals surface area contributed by atoms with Crippen LogP contribution in [0.25, 0.3) is 22.1 Å². The lowest BCUT2D eigenvalue weighted by Gasteiger charge is -2.51. The van der Waals surface area contributed by atoms with Gasteiger partial charge in [0.2, 0.25) is 0 Å². The highest BCUT2D eigenvalue weighted by Gasteiger charge is 3.02. The smallest absolute Gasteiger partial charge is 0.164 e. The molecule has 2 unspecified atom stereocenters. The molecule has 28 heavy (non-hydrogen) atoms. The van der Waals surface area contributed by atoms with Crippen LogP contribution in [0.5, 0.6) is 0 Å². The van der Waals surface area contributed by atoms with Crippen LogP contribution >= 0.6 is 11.6 Å². The monoisotopic (exact) mass is 397 g/mol. The number of aromatic amines is 1. The van der Waals surface area contributed by atoms with Crippen molar-refractivity contribution in [2.24, 2.45) is 18.9 Å². The van der Waals surface area contributed by atoms with Gasteiger partial charge in [0, 0.05) is 30.0 Å². The first-order chi connectivity index (χ1) is 13.4. The molecule has 4 heterocycles. The lowest BCUT2D eigenvalue weighted by molar-refractivity contribution is -0.203. The van der Waals surface area contributed by atoms with Crippen LogP contribution in [0.3, 0.4) is 0 Å². The fourth-order valence-electron chi connectivity index (χ4n) is 6.15. The van der Waals surface area contributed by atoms with Crippen molar-refractivity contribution in [2.75, 3.05) is 0 Å². The van der Waals surface area contributed by atoms with Gasteiger partial charge in [-0.3, -0.25) is 4.68 Å². The van der Waals surface area contributed by atoms with Gasteiger partial charge < -0.3 is 19.8 Å². The number of H-pyrrole nitrogens is 1. The Morgan fingerprint density at radius 2 is 2.11 bits per heavy atom. The predicted molar refractivity (Wildman–Crippen MR) is 98.8 cm³/mol. The molecule has 0 amide bonds. The number of imidazole rings is 1. The number of hydrogen-bond donors (Lipinski definition) is 3. The molecule has 9 nitrogen and oxygen atoms in total. The summed E-state index contributed by atoms with van der Waals surface area (Å²) in [6, 6.07) is 1.61. The molecule has 3 saturated carbocycles. The number of aromatic nitrogens is 7. The van der Waals surface area contributed by atoms with E-state index < -0.39 is 17.1 Å². The Kier molecular flexibility index (Phi) is 2.34. The van der Waals surface area contributed by atoms with Gasteiger partial charge in [-0.25, -0.2) is 15.0 Å². The van der Waals surface area contributed by atoms with Crippen LogP contribution in [0.2, 0.25) is 5.15 Å². The summed E-state index contributed by atoms with van der Waals surface area (Å²) in [5.41, 5.74) is 1.32. The van der Waals surface area contributed by atoms with Crippen molar-refractivity contribution in [3.8, 4) is 0 Å². The number of hydrogen-bond acceptors (Lipinski definition) is 6. The fourth-order valence-corrected chi connectivity index (χ4v) is 6.38. The van der Waals surface area contributed by atoms with E-state index in [2.05, 4.69) is 25.0 Å². The molecule has 0 aromatic carbocycles. The van der Waals surface area contributed by atoms with E-state index in [1.807, 2.05) is 17.6 Å². The molecule has 0 radical (unpaired) electrons. The molecule has 0 aliphatic heterocycles. The largest absolute Gasteiger partial charge is 0.389 e. The molecule has 4 aromatic heterocycles. The highest BCUT2D eigenvalue weighted by Crippen LogP contribution is 2.90. The third-order valence-electron chi connectivity index (χ3n) is 7.19. The first kappa shape index (κ1) is 15.4. The number of halogens is 1. The van der Waals surface area contributed by atoms with E-state index in [1.165, 1.54) is 0 Å². The topological polar surface area (TPSA) is 118 Å². The van der Waals surface area contributed by atoms with Crippen molar-refractivity contribution in [1.82, 2.24) is 34.3 Å². The third kappa shape index (κ3) is 1.31. The second-order valence-electron chi connectivity index (χ2n) is 8.38. The SMILES string of the molecule is Cc1cc2c(Cl)nc3c(ncn3C3[C@H]4C5[C@]3(O)[C@H](O)[C@]54c3ncn(C)n3)c2[nH]1. The maximum Gasteiger partial charge on any atom is 0.164 e. The van der Waals surface area contributed by atoms with Gasteiger partial charge in [-0.05, 0) is 13.0 Å². The quantitative estimate of drug-likeness (QED) is 0.431. The van der Waals surface area contributed by atoms with E-state index in [4.69, 9.17) is 11.6 Å². The van der Waals surface area contributed by atoms with Crippen molar-refractivity contribution < 1.29 is 10.2 Å². The highest BCUT2D eigenvalue weighted by molar-refractivity contribution is 6.35. The standard InChI is InChI=1S/C18H16ClN7O2/c1-6-3-7-9(22-6)10-14(23-13(7)19)26(5-20-10)12-8-11-17(8,15(27)18(11,12)28)16-21-4-25(2)24-16/h3-5,8,11-12,15,22,27-28H,1-2H3/t8-,11?,12?,15-,17-,18-/m1/s1.